The van der Waals surface area contributed by atoms with Crippen molar-refractivity contribution in [3.05, 3.63) is 33.0 Å². The quantitative estimate of drug-likeness (QED) is 0.777. The number of fused-ring (bicyclic) bond motifs is 1. The second kappa shape index (κ2) is 4.97. The number of carboxylic acid groups (broad SMARTS) is 1. The highest BCUT2D eigenvalue weighted by Gasteiger charge is 2.18. The molecule has 0 fully saturated rings. The van der Waals surface area contributed by atoms with E-state index < -0.39 is 5.97 Å². The molecule has 0 saturated carbocycles. The first kappa shape index (κ1) is 13.8. The molecule has 3 aromatic heterocycles. The van der Waals surface area contributed by atoms with Gasteiger partial charge in [-0.3, -0.25) is 9.48 Å². The summed E-state index contributed by atoms with van der Waals surface area (Å²) < 4.78 is 1.74. The molecule has 0 aliphatic heterocycles. The second-order valence-electron chi connectivity index (χ2n) is 4.46. The van der Waals surface area contributed by atoms with E-state index in [-0.39, 0.29) is 10.8 Å². The molecule has 2 N–H and O–H groups in total. The Morgan fingerprint density at radius 1 is 1.43 bits per heavy atom. The Balaban J connectivity index is 1.92. The minimum absolute atomic E-state index is 0.127. The van der Waals surface area contributed by atoms with Crippen LogP contribution in [0.5, 0.6) is 0 Å². The lowest BCUT2D eigenvalue weighted by Gasteiger charge is -2.02. The van der Waals surface area contributed by atoms with Crippen LogP contribution in [-0.2, 0) is 7.05 Å². The van der Waals surface area contributed by atoms with Crippen LogP contribution in [0.2, 0.25) is 0 Å². The van der Waals surface area contributed by atoms with Gasteiger partial charge in [0.05, 0.1) is 16.3 Å². The SMILES string of the molecule is Cc1nn(C)c2sc(C(=O)Nc3ccsc3C(=O)O)cc12. The number of hydrogen-bond acceptors (Lipinski definition) is 5. The Hall–Kier alpha value is -2.19. The highest BCUT2D eigenvalue weighted by Crippen LogP contribution is 2.29. The Kier molecular flexibility index (Phi) is 3.26. The molecule has 3 heterocycles. The smallest absolute Gasteiger partial charge is 0.348 e. The van der Waals surface area contributed by atoms with Crippen LogP contribution in [0.4, 0.5) is 5.69 Å². The van der Waals surface area contributed by atoms with Crippen molar-refractivity contribution >= 4 is 50.5 Å². The largest absolute Gasteiger partial charge is 0.477 e. The number of amides is 1. The number of nitrogens with zero attached hydrogens (tertiary/aromatic N) is 2. The van der Waals surface area contributed by atoms with Crippen LogP contribution in [0.1, 0.15) is 25.0 Å². The molecule has 3 aromatic rings. The van der Waals surface area contributed by atoms with Crippen LogP contribution in [0.25, 0.3) is 10.2 Å². The summed E-state index contributed by atoms with van der Waals surface area (Å²) in [5.74, 6) is -1.35. The van der Waals surface area contributed by atoms with Crippen LogP contribution in [0, 0.1) is 6.92 Å². The van der Waals surface area contributed by atoms with Gasteiger partial charge in [0.1, 0.15) is 9.71 Å². The fourth-order valence-corrected chi connectivity index (χ4v) is 3.78. The third kappa shape index (κ3) is 2.32. The van der Waals surface area contributed by atoms with Crippen LogP contribution in [0.3, 0.4) is 0 Å². The fourth-order valence-electron chi connectivity index (χ4n) is 2.07. The lowest BCUT2D eigenvalue weighted by atomic mass is 10.3. The first-order valence-electron chi connectivity index (χ1n) is 6.02. The Morgan fingerprint density at radius 3 is 2.86 bits per heavy atom. The van der Waals surface area contributed by atoms with Gasteiger partial charge in [-0.15, -0.1) is 22.7 Å². The first-order chi connectivity index (χ1) is 9.97. The van der Waals surface area contributed by atoms with Crippen molar-refractivity contribution in [1.29, 1.82) is 0 Å². The number of aryl methyl sites for hydroxylation is 2. The number of nitrogens with one attached hydrogen (secondary N) is 1. The van der Waals surface area contributed by atoms with Gasteiger partial charge in [0.2, 0.25) is 0 Å². The lowest BCUT2D eigenvalue weighted by Crippen LogP contribution is -2.12. The van der Waals surface area contributed by atoms with Gasteiger partial charge in [-0.05, 0) is 24.4 Å². The van der Waals surface area contributed by atoms with Gasteiger partial charge in [0, 0.05) is 12.4 Å². The molecule has 0 bridgehead atoms. The number of aromatic carboxylic acids is 1. The second-order valence-corrected chi connectivity index (χ2v) is 6.41. The molecule has 0 saturated heterocycles. The maximum absolute atomic E-state index is 12.3. The van der Waals surface area contributed by atoms with Gasteiger partial charge in [0.25, 0.3) is 5.91 Å². The molecule has 3 rings (SSSR count). The summed E-state index contributed by atoms with van der Waals surface area (Å²) in [5, 5.41) is 18.6. The van der Waals surface area contributed by atoms with E-state index in [1.165, 1.54) is 11.3 Å². The fraction of sp³-hybridized carbons (Fsp3) is 0.154. The molecule has 0 aliphatic carbocycles. The standard InChI is InChI=1S/C13H11N3O3S2/c1-6-7-5-9(21-12(7)16(2)15-6)11(17)14-8-3-4-20-10(8)13(18)19/h3-5H,1-2H3,(H,14,17)(H,18,19). The summed E-state index contributed by atoms with van der Waals surface area (Å²) >= 11 is 2.41. The maximum atomic E-state index is 12.3. The van der Waals surface area contributed by atoms with Crippen molar-refractivity contribution in [1.82, 2.24) is 9.78 Å². The van der Waals surface area contributed by atoms with E-state index in [9.17, 15) is 9.59 Å². The normalized spacial score (nSPS) is 11.0. The Labute approximate surface area is 127 Å². The monoisotopic (exact) mass is 321 g/mol. The predicted molar refractivity (Wildman–Crippen MR) is 82.6 cm³/mol. The number of rotatable bonds is 3. The molecule has 8 heteroatoms. The van der Waals surface area contributed by atoms with Crippen LogP contribution in [-0.4, -0.2) is 26.8 Å². The number of anilines is 1. The van der Waals surface area contributed by atoms with E-state index in [2.05, 4.69) is 10.4 Å². The molecule has 0 atom stereocenters. The van der Waals surface area contributed by atoms with Crippen molar-refractivity contribution < 1.29 is 14.7 Å². The third-order valence-electron chi connectivity index (χ3n) is 3.03. The molecule has 0 aromatic carbocycles. The Bertz CT molecular complexity index is 825. The summed E-state index contributed by atoms with van der Waals surface area (Å²) in [5.41, 5.74) is 1.19. The number of carboxylic acids is 1. The first-order valence-corrected chi connectivity index (χ1v) is 7.72. The summed E-state index contributed by atoms with van der Waals surface area (Å²) in [6.07, 6.45) is 0. The molecule has 0 aliphatic rings. The number of aromatic nitrogens is 2. The van der Waals surface area contributed by atoms with Gasteiger partial charge in [-0.25, -0.2) is 4.79 Å². The van der Waals surface area contributed by atoms with E-state index in [4.69, 9.17) is 5.11 Å². The van der Waals surface area contributed by atoms with Crippen LogP contribution in [0.15, 0.2) is 17.5 Å². The van der Waals surface area contributed by atoms with Gasteiger partial charge in [0.15, 0.2) is 0 Å². The third-order valence-corrected chi connectivity index (χ3v) is 5.13. The van der Waals surface area contributed by atoms with E-state index in [1.54, 1.807) is 22.2 Å². The molecule has 1 amide bonds. The molecular formula is C13H11N3O3S2. The minimum Gasteiger partial charge on any atom is -0.477 e. The number of hydrogen-bond donors (Lipinski definition) is 2. The summed E-state index contributed by atoms with van der Waals surface area (Å²) in [4.78, 5) is 24.9. The number of thiophene rings is 2. The average molecular weight is 321 g/mol. The molecule has 108 valence electrons. The topological polar surface area (TPSA) is 84.2 Å². The molecule has 0 unspecified atom stereocenters. The van der Waals surface area contributed by atoms with E-state index in [0.717, 1.165) is 27.2 Å². The Morgan fingerprint density at radius 2 is 2.19 bits per heavy atom. The van der Waals surface area contributed by atoms with Gasteiger partial charge < -0.3 is 10.4 Å². The van der Waals surface area contributed by atoms with Crippen molar-refractivity contribution in [2.24, 2.45) is 7.05 Å². The molecule has 0 spiro atoms. The summed E-state index contributed by atoms with van der Waals surface area (Å²) in [7, 11) is 1.83. The zero-order valence-electron chi connectivity index (χ0n) is 11.2. The number of carbonyl (C=O) groups excluding carboxylic acids is 1. The van der Waals surface area contributed by atoms with E-state index >= 15 is 0 Å². The summed E-state index contributed by atoms with van der Waals surface area (Å²) in [6.45, 7) is 1.89. The van der Waals surface area contributed by atoms with Crippen molar-refractivity contribution in [2.45, 2.75) is 6.92 Å². The molecular weight excluding hydrogens is 310 g/mol. The van der Waals surface area contributed by atoms with Crippen molar-refractivity contribution in [3.8, 4) is 0 Å². The van der Waals surface area contributed by atoms with Gasteiger partial charge in [-0.1, -0.05) is 0 Å². The summed E-state index contributed by atoms with van der Waals surface area (Å²) in [6, 6.07) is 3.37. The predicted octanol–water partition coefficient (Wildman–Crippen LogP) is 2.96. The van der Waals surface area contributed by atoms with Crippen LogP contribution < -0.4 is 5.32 Å². The van der Waals surface area contributed by atoms with Crippen molar-refractivity contribution in [2.75, 3.05) is 5.32 Å². The van der Waals surface area contributed by atoms with Gasteiger partial charge >= 0.3 is 5.97 Å². The zero-order valence-corrected chi connectivity index (χ0v) is 12.8. The molecule has 0 radical (unpaired) electrons. The average Bonchev–Trinajstić information content (AvgIpc) is 3.08. The lowest BCUT2D eigenvalue weighted by molar-refractivity contribution is 0.0703. The van der Waals surface area contributed by atoms with Gasteiger partial charge in [-0.2, -0.15) is 5.10 Å². The number of carbonyl (C=O) groups is 2. The van der Waals surface area contributed by atoms with Crippen LogP contribution >= 0.6 is 22.7 Å². The van der Waals surface area contributed by atoms with E-state index in [1.807, 2.05) is 14.0 Å². The minimum atomic E-state index is -1.04. The maximum Gasteiger partial charge on any atom is 0.348 e. The van der Waals surface area contributed by atoms with E-state index in [0.29, 0.717) is 10.6 Å². The zero-order chi connectivity index (χ0) is 15.1. The highest BCUT2D eigenvalue weighted by molar-refractivity contribution is 7.20. The molecule has 21 heavy (non-hydrogen) atoms. The van der Waals surface area contributed by atoms with Crippen molar-refractivity contribution in [3.63, 3.8) is 0 Å². The molecule has 6 nitrogen and oxygen atoms in total. The highest BCUT2D eigenvalue weighted by atomic mass is 32.1.